The third-order valence-corrected chi connectivity index (χ3v) is 2.48. The van der Waals surface area contributed by atoms with Gasteiger partial charge in [0.25, 0.3) is 0 Å². The average molecular weight is 142 g/mol. The first kappa shape index (κ1) is 8.02. The Morgan fingerprint density at radius 2 is 2.30 bits per heavy atom. The molecular formula is C8H18N2. The third-order valence-electron chi connectivity index (χ3n) is 2.48. The number of nitrogens with two attached hydrogens (primary N) is 1. The number of hydrogen-bond donors (Lipinski definition) is 2. The first-order chi connectivity index (χ1) is 4.74. The van der Waals surface area contributed by atoms with Crippen molar-refractivity contribution in [3.05, 3.63) is 0 Å². The summed E-state index contributed by atoms with van der Waals surface area (Å²) in [6.45, 7) is 6.53. The molecular weight excluding hydrogens is 124 g/mol. The molecule has 2 heteroatoms. The Labute approximate surface area is 63.2 Å². The molecule has 0 saturated carbocycles. The SMILES string of the molecule is CC(C)[C@@H]1CN[C@H](CN)C1. The van der Waals surface area contributed by atoms with Crippen molar-refractivity contribution >= 4 is 0 Å². The van der Waals surface area contributed by atoms with E-state index in [0.29, 0.717) is 6.04 Å². The van der Waals surface area contributed by atoms with Gasteiger partial charge in [-0.15, -0.1) is 0 Å². The second-order valence-electron chi connectivity index (χ2n) is 3.58. The highest BCUT2D eigenvalue weighted by molar-refractivity contribution is 4.83. The van der Waals surface area contributed by atoms with E-state index in [-0.39, 0.29) is 0 Å². The highest BCUT2D eigenvalue weighted by Gasteiger charge is 2.24. The minimum absolute atomic E-state index is 0.590. The van der Waals surface area contributed by atoms with Crippen molar-refractivity contribution in [2.24, 2.45) is 17.6 Å². The molecule has 1 fully saturated rings. The van der Waals surface area contributed by atoms with Crippen LogP contribution in [0, 0.1) is 11.8 Å². The topological polar surface area (TPSA) is 38.0 Å². The molecule has 0 aromatic heterocycles. The quantitative estimate of drug-likeness (QED) is 0.592. The Morgan fingerprint density at radius 3 is 2.60 bits per heavy atom. The van der Waals surface area contributed by atoms with E-state index >= 15 is 0 Å². The second kappa shape index (κ2) is 3.35. The van der Waals surface area contributed by atoms with Crippen LogP contribution >= 0.6 is 0 Å². The van der Waals surface area contributed by atoms with Crippen molar-refractivity contribution in [1.29, 1.82) is 0 Å². The van der Waals surface area contributed by atoms with Crippen molar-refractivity contribution in [2.45, 2.75) is 26.3 Å². The van der Waals surface area contributed by atoms with Crippen LogP contribution in [-0.2, 0) is 0 Å². The molecule has 1 heterocycles. The summed E-state index contributed by atoms with van der Waals surface area (Å²) < 4.78 is 0. The molecule has 3 N–H and O–H groups in total. The Bertz CT molecular complexity index is 101. The third kappa shape index (κ3) is 1.70. The fraction of sp³-hybridized carbons (Fsp3) is 1.00. The van der Waals surface area contributed by atoms with Gasteiger partial charge in [-0.25, -0.2) is 0 Å². The maximum absolute atomic E-state index is 5.53. The van der Waals surface area contributed by atoms with Gasteiger partial charge in [0, 0.05) is 12.6 Å². The lowest BCUT2D eigenvalue weighted by Crippen LogP contribution is -2.29. The minimum Gasteiger partial charge on any atom is -0.329 e. The van der Waals surface area contributed by atoms with Crippen LogP contribution in [0.5, 0.6) is 0 Å². The molecule has 1 saturated heterocycles. The molecule has 60 valence electrons. The molecule has 1 aliphatic rings. The molecule has 2 atom stereocenters. The van der Waals surface area contributed by atoms with Gasteiger partial charge in [0.2, 0.25) is 0 Å². The lowest BCUT2D eigenvalue weighted by molar-refractivity contribution is 0.411. The molecule has 0 aromatic rings. The molecule has 0 unspecified atom stereocenters. The maximum atomic E-state index is 5.53. The first-order valence-corrected chi connectivity index (χ1v) is 4.17. The van der Waals surface area contributed by atoms with Gasteiger partial charge in [-0.2, -0.15) is 0 Å². The Kier molecular flexibility index (Phi) is 2.69. The molecule has 1 rings (SSSR count). The Morgan fingerprint density at radius 1 is 1.60 bits per heavy atom. The fourth-order valence-corrected chi connectivity index (χ4v) is 1.54. The van der Waals surface area contributed by atoms with Crippen LogP contribution < -0.4 is 11.1 Å². The van der Waals surface area contributed by atoms with E-state index in [0.717, 1.165) is 18.4 Å². The molecule has 0 aliphatic carbocycles. The number of rotatable bonds is 2. The molecule has 0 aromatic carbocycles. The van der Waals surface area contributed by atoms with E-state index in [1.54, 1.807) is 0 Å². The molecule has 0 radical (unpaired) electrons. The summed E-state index contributed by atoms with van der Waals surface area (Å²) in [5.41, 5.74) is 5.53. The van der Waals surface area contributed by atoms with Gasteiger partial charge in [-0.3, -0.25) is 0 Å². The summed E-state index contributed by atoms with van der Waals surface area (Å²) in [4.78, 5) is 0. The predicted molar refractivity (Wildman–Crippen MR) is 43.8 cm³/mol. The zero-order valence-electron chi connectivity index (χ0n) is 6.93. The summed E-state index contributed by atoms with van der Waals surface area (Å²) in [6, 6.07) is 0.590. The molecule has 1 aliphatic heterocycles. The van der Waals surface area contributed by atoms with Gasteiger partial charge in [0.15, 0.2) is 0 Å². The highest BCUT2D eigenvalue weighted by Crippen LogP contribution is 2.20. The van der Waals surface area contributed by atoms with Gasteiger partial charge in [-0.05, 0) is 24.8 Å². The highest BCUT2D eigenvalue weighted by atomic mass is 15.0. The van der Waals surface area contributed by atoms with E-state index < -0.39 is 0 Å². The fourth-order valence-electron chi connectivity index (χ4n) is 1.54. The predicted octanol–water partition coefficient (Wildman–Crippen LogP) is 0.579. The Balaban J connectivity index is 2.28. The summed E-state index contributed by atoms with van der Waals surface area (Å²) >= 11 is 0. The van der Waals surface area contributed by atoms with E-state index in [1.807, 2.05) is 0 Å². The number of hydrogen-bond acceptors (Lipinski definition) is 2. The second-order valence-corrected chi connectivity index (χ2v) is 3.58. The van der Waals surface area contributed by atoms with Crippen LogP contribution in [0.2, 0.25) is 0 Å². The van der Waals surface area contributed by atoms with Crippen molar-refractivity contribution < 1.29 is 0 Å². The van der Waals surface area contributed by atoms with Crippen molar-refractivity contribution in [3.8, 4) is 0 Å². The van der Waals surface area contributed by atoms with Crippen molar-refractivity contribution in [3.63, 3.8) is 0 Å². The first-order valence-electron chi connectivity index (χ1n) is 4.17. The van der Waals surface area contributed by atoms with E-state index in [2.05, 4.69) is 19.2 Å². The summed E-state index contributed by atoms with van der Waals surface area (Å²) in [7, 11) is 0. The van der Waals surface area contributed by atoms with Gasteiger partial charge in [0.05, 0.1) is 0 Å². The smallest absolute Gasteiger partial charge is 0.0193 e. The monoisotopic (exact) mass is 142 g/mol. The maximum Gasteiger partial charge on any atom is 0.0193 e. The molecule has 0 spiro atoms. The van der Waals surface area contributed by atoms with Gasteiger partial charge in [0.1, 0.15) is 0 Å². The zero-order valence-corrected chi connectivity index (χ0v) is 6.93. The van der Waals surface area contributed by atoms with Crippen LogP contribution in [0.3, 0.4) is 0 Å². The van der Waals surface area contributed by atoms with Crippen molar-refractivity contribution in [1.82, 2.24) is 5.32 Å². The zero-order chi connectivity index (χ0) is 7.56. The van der Waals surface area contributed by atoms with E-state index in [9.17, 15) is 0 Å². The minimum atomic E-state index is 0.590. The standard InChI is InChI=1S/C8H18N2/c1-6(2)7-3-8(4-9)10-5-7/h6-8,10H,3-5,9H2,1-2H3/t7-,8-/m0/s1. The van der Waals surface area contributed by atoms with Crippen molar-refractivity contribution in [2.75, 3.05) is 13.1 Å². The largest absolute Gasteiger partial charge is 0.329 e. The summed E-state index contributed by atoms with van der Waals surface area (Å²) in [5.74, 6) is 1.66. The Hall–Kier alpha value is -0.0800. The van der Waals surface area contributed by atoms with E-state index in [1.165, 1.54) is 13.0 Å². The average Bonchev–Trinajstić information content (AvgIpc) is 2.34. The van der Waals surface area contributed by atoms with Crippen LogP contribution in [0.4, 0.5) is 0 Å². The van der Waals surface area contributed by atoms with Crippen LogP contribution in [0.25, 0.3) is 0 Å². The molecule has 0 bridgehead atoms. The summed E-state index contributed by atoms with van der Waals surface area (Å²) in [5, 5.41) is 3.41. The van der Waals surface area contributed by atoms with Gasteiger partial charge < -0.3 is 11.1 Å². The molecule has 0 amide bonds. The lowest BCUT2D eigenvalue weighted by atomic mass is 9.93. The summed E-state index contributed by atoms with van der Waals surface area (Å²) in [6.07, 6.45) is 1.27. The van der Waals surface area contributed by atoms with Gasteiger partial charge >= 0.3 is 0 Å². The van der Waals surface area contributed by atoms with Crippen LogP contribution in [0.1, 0.15) is 20.3 Å². The lowest BCUT2D eigenvalue weighted by Gasteiger charge is -2.11. The number of nitrogens with one attached hydrogen (secondary N) is 1. The van der Waals surface area contributed by atoms with Crippen LogP contribution in [0.15, 0.2) is 0 Å². The van der Waals surface area contributed by atoms with Crippen LogP contribution in [-0.4, -0.2) is 19.1 Å². The normalized spacial score (nSPS) is 33.6. The van der Waals surface area contributed by atoms with E-state index in [4.69, 9.17) is 5.73 Å². The molecule has 10 heavy (non-hydrogen) atoms. The van der Waals surface area contributed by atoms with Gasteiger partial charge in [-0.1, -0.05) is 13.8 Å². The molecule has 2 nitrogen and oxygen atoms in total.